The molecule has 0 spiro atoms. The van der Waals surface area contributed by atoms with E-state index >= 15 is 0 Å². The van der Waals surface area contributed by atoms with Crippen LogP contribution in [0.1, 0.15) is 11.3 Å². The fourth-order valence-electron chi connectivity index (χ4n) is 1.22. The Morgan fingerprint density at radius 3 is 2.56 bits per heavy atom. The number of ether oxygens (including phenoxy) is 1. The number of aromatic nitrogens is 1. The predicted octanol–water partition coefficient (Wildman–Crippen LogP) is 2.64. The maximum atomic E-state index is 13.3. The minimum atomic E-state index is -5.11. The van der Waals surface area contributed by atoms with Gasteiger partial charge in [0.1, 0.15) is 0 Å². The van der Waals surface area contributed by atoms with E-state index in [0.29, 0.717) is 6.20 Å². The van der Waals surface area contributed by atoms with Gasteiger partial charge in [-0.2, -0.15) is 0 Å². The number of carboxylic acid groups (broad SMARTS) is 1. The van der Waals surface area contributed by atoms with Crippen LogP contribution in [0, 0.1) is 5.82 Å². The number of pyridine rings is 1. The number of halogens is 5. The summed E-state index contributed by atoms with van der Waals surface area (Å²) in [7, 11) is 0. The van der Waals surface area contributed by atoms with Crippen molar-refractivity contribution >= 4 is 21.9 Å². The highest BCUT2D eigenvalue weighted by Crippen LogP contribution is 2.31. The minimum absolute atomic E-state index is 0.0237. The highest BCUT2D eigenvalue weighted by molar-refractivity contribution is 9.08. The van der Waals surface area contributed by atoms with E-state index in [0.717, 1.165) is 0 Å². The van der Waals surface area contributed by atoms with E-state index in [2.05, 4.69) is 25.7 Å². The third-order valence-electron chi connectivity index (χ3n) is 1.85. The van der Waals surface area contributed by atoms with Crippen molar-refractivity contribution in [3.05, 3.63) is 23.3 Å². The van der Waals surface area contributed by atoms with Crippen molar-refractivity contribution in [3.8, 4) is 5.75 Å². The molecule has 1 heterocycles. The number of carbonyl (C=O) groups is 1. The molecule has 0 aliphatic carbocycles. The number of alkyl halides is 4. The molecule has 100 valence electrons. The van der Waals surface area contributed by atoms with Gasteiger partial charge < -0.3 is 9.84 Å². The van der Waals surface area contributed by atoms with E-state index in [4.69, 9.17) is 5.11 Å². The predicted molar refractivity (Wildman–Crippen MR) is 54.8 cm³/mol. The van der Waals surface area contributed by atoms with Gasteiger partial charge in [0.15, 0.2) is 11.6 Å². The number of hydrogen-bond donors (Lipinski definition) is 1. The van der Waals surface area contributed by atoms with Gasteiger partial charge in [-0.3, -0.25) is 9.78 Å². The lowest BCUT2D eigenvalue weighted by atomic mass is 10.1. The Hall–Kier alpha value is -1.38. The van der Waals surface area contributed by atoms with Gasteiger partial charge in [0.2, 0.25) is 0 Å². The topological polar surface area (TPSA) is 59.4 Å². The molecule has 0 amide bonds. The van der Waals surface area contributed by atoms with Gasteiger partial charge in [-0.05, 0) is 0 Å². The van der Waals surface area contributed by atoms with Crippen molar-refractivity contribution in [2.24, 2.45) is 0 Å². The minimum Gasteiger partial charge on any atom is -0.481 e. The van der Waals surface area contributed by atoms with Crippen LogP contribution in [0.5, 0.6) is 5.75 Å². The Labute approximate surface area is 107 Å². The first-order valence-corrected chi connectivity index (χ1v) is 5.56. The van der Waals surface area contributed by atoms with Crippen LogP contribution in [-0.2, 0) is 16.5 Å². The molecule has 0 unspecified atom stereocenters. The molecule has 18 heavy (non-hydrogen) atoms. The zero-order valence-corrected chi connectivity index (χ0v) is 10.2. The van der Waals surface area contributed by atoms with Crippen LogP contribution >= 0.6 is 15.9 Å². The van der Waals surface area contributed by atoms with Crippen molar-refractivity contribution in [1.82, 2.24) is 4.98 Å². The third kappa shape index (κ3) is 3.83. The molecule has 0 saturated heterocycles. The number of hydrogen-bond acceptors (Lipinski definition) is 3. The lowest BCUT2D eigenvalue weighted by molar-refractivity contribution is -0.276. The van der Waals surface area contributed by atoms with Crippen LogP contribution in [0.4, 0.5) is 17.6 Å². The summed E-state index contributed by atoms with van der Waals surface area (Å²) >= 11 is 2.92. The van der Waals surface area contributed by atoms with Crippen LogP contribution < -0.4 is 4.74 Å². The fraction of sp³-hybridized carbons (Fsp3) is 0.333. The summed E-state index contributed by atoms with van der Waals surface area (Å²) in [5.41, 5.74) is -0.477. The van der Waals surface area contributed by atoms with Crippen LogP contribution in [0.25, 0.3) is 0 Å². The second-order valence-corrected chi connectivity index (χ2v) is 3.67. The number of carboxylic acids is 1. The largest absolute Gasteiger partial charge is 0.573 e. The molecule has 9 heteroatoms. The van der Waals surface area contributed by atoms with Crippen LogP contribution in [0.2, 0.25) is 0 Å². The lowest BCUT2D eigenvalue weighted by Crippen LogP contribution is -2.20. The van der Waals surface area contributed by atoms with E-state index < -0.39 is 35.9 Å². The zero-order valence-electron chi connectivity index (χ0n) is 8.59. The summed E-state index contributed by atoms with van der Waals surface area (Å²) in [6.07, 6.45) is -5.39. The summed E-state index contributed by atoms with van der Waals surface area (Å²) in [5, 5.41) is 8.57. The molecule has 0 atom stereocenters. The monoisotopic (exact) mass is 331 g/mol. The molecule has 0 bridgehead atoms. The van der Waals surface area contributed by atoms with Crippen molar-refractivity contribution < 1.29 is 32.2 Å². The Bertz CT molecular complexity index is 464. The molecule has 1 rings (SSSR count). The summed E-state index contributed by atoms with van der Waals surface area (Å²) in [4.78, 5) is 14.1. The molecule has 0 aromatic carbocycles. The smallest absolute Gasteiger partial charge is 0.481 e. The second kappa shape index (κ2) is 5.51. The maximum absolute atomic E-state index is 13.3. The van der Waals surface area contributed by atoms with Crippen molar-refractivity contribution in [1.29, 1.82) is 0 Å². The Morgan fingerprint density at radius 1 is 1.50 bits per heavy atom. The Balaban J connectivity index is 3.31. The molecule has 1 aromatic rings. The van der Waals surface area contributed by atoms with Gasteiger partial charge in [-0.1, -0.05) is 15.9 Å². The summed E-state index contributed by atoms with van der Waals surface area (Å²) in [5.74, 6) is -3.95. The second-order valence-electron chi connectivity index (χ2n) is 3.11. The average molecular weight is 332 g/mol. The van der Waals surface area contributed by atoms with E-state index in [-0.39, 0.29) is 11.0 Å². The molecule has 0 aliphatic rings. The zero-order chi connectivity index (χ0) is 13.9. The van der Waals surface area contributed by atoms with Gasteiger partial charge in [0.25, 0.3) is 0 Å². The fourth-order valence-corrected chi connectivity index (χ4v) is 1.70. The number of aliphatic carboxylic acids is 1. The third-order valence-corrected chi connectivity index (χ3v) is 2.38. The van der Waals surface area contributed by atoms with Gasteiger partial charge in [-0.15, -0.1) is 13.2 Å². The summed E-state index contributed by atoms with van der Waals surface area (Å²) in [6, 6.07) is 0. The van der Waals surface area contributed by atoms with Crippen molar-refractivity contribution in [3.63, 3.8) is 0 Å². The van der Waals surface area contributed by atoms with E-state index in [1.165, 1.54) is 0 Å². The quantitative estimate of drug-likeness (QED) is 0.680. The maximum Gasteiger partial charge on any atom is 0.573 e. The van der Waals surface area contributed by atoms with Crippen molar-refractivity contribution in [2.75, 3.05) is 0 Å². The van der Waals surface area contributed by atoms with Gasteiger partial charge in [-0.25, -0.2) is 4.39 Å². The van der Waals surface area contributed by atoms with Gasteiger partial charge in [0, 0.05) is 10.9 Å². The highest BCUT2D eigenvalue weighted by Gasteiger charge is 2.34. The lowest BCUT2D eigenvalue weighted by Gasteiger charge is -2.14. The Morgan fingerprint density at radius 2 is 2.11 bits per heavy atom. The first kappa shape index (κ1) is 14.7. The van der Waals surface area contributed by atoms with Gasteiger partial charge in [0.05, 0.1) is 18.3 Å². The van der Waals surface area contributed by atoms with Crippen LogP contribution in [0.15, 0.2) is 6.20 Å². The van der Waals surface area contributed by atoms with E-state index in [1.807, 2.05) is 0 Å². The molecule has 0 saturated carbocycles. The first-order chi connectivity index (χ1) is 8.24. The molecule has 0 radical (unpaired) electrons. The normalized spacial score (nSPS) is 11.4. The molecule has 1 N–H and O–H groups in total. The van der Waals surface area contributed by atoms with Crippen molar-refractivity contribution in [2.45, 2.75) is 18.1 Å². The average Bonchev–Trinajstić information content (AvgIpc) is 2.21. The number of nitrogens with zero attached hydrogens (tertiary/aromatic N) is 1. The Kier molecular flexibility index (Phi) is 4.49. The summed E-state index contributed by atoms with van der Waals surface area (Å²) < 4.78 is 53.1. The molecule has 0 fully saturated rings. The van der Waals surface area contributed by atoms with E-state index in [9.17, 15) is 22.4 Å². The van der Waals surface area contributed by atoms with E-state index in [1.54, 1.807) is 0 Å². The molecular formula is C9H6BrF4NO3. The number of rotatable bonds is 4. The molecule has 0 aliphatic heterocycles. The summed E-state index contributed by atoms with van der Waals surface area (Å²) in [6.45, 7) is 0. The van der Waals surface area contributed by atoms with Crippen LogP contribution in [0.3, 0.4) is 0 Å². The standard InChI is InChI=1S/C9H6BrF4NO3/c10-2-6-4(1-7(16)17)8(5(11)3-15-6)18-9(12,13)14/h3H,1-2H2,(H,16,17). The highest BCUT2D eigenvalue weighted by atomic mass is 79.9. The molecule has 4 nitrogen and oxygen atoms in total. The molecular weight excluding hydrogens is 326 g/mol. The van der Waals surface area contributed by atoms with Crippen LogP contribution in [-0.4, -0.2) is 22.4 Å². The molecule has 1 aromatic heterocycles. The van der Waals surface area contributed by atoms with Gasteiger partial charge >= 0.3 is 12.3 Å². The first-order valence-electron chi connectivity index (χ1n) is 4.44. The SMILES string of the molecule is O=C(O)Cc1c(CBr)ncc(F)c1OC(F)(F)F.